The van der Waals surface area contributed by atoms with Crippen LogP contribution in [0, 0.1) is 0 Å². The van der Waals surface area contributed by atoms with Crippen molar-refractivity contribution in [3.8, 4) is 0 Å². The molecule has 0 aliphatic carbocycles. The average Bonchev–Trinajstić information content (AvgIpc) is 2.54. The summed E-state index contributed by atoms with van der Waals surface area (Å²) in [5.74, 6) is 0. The van der Waals surface area contributed by atoms with Crippen molar-refractivity contribution in [2.24, 2.45) is 0 Å². The fourth-order valence-electron chi connectivity index (χ4n) is 2.17. The first-order chi connectivity index (χ1) is 8.63. The molecule has 5 heteroatoms. The van der Waals surface area contributed by atoms with E-state index in [2.05, 4.69) is 10.2 Å². The van der Waals surface area contributed by atoms with Gasteiger partial charge in [-0.3, -0.25) is 0 Å². The van der Waals surface area contributed by atoms with Crippen molar-refractivity contribution in [1.29, 1.82) is 0 Å². The molecule has 1 aliphatic heterocycles. The summed E-state index contributed by atoms with van der Waals surface area (Å²) >= 11 is 0. The molecule has 0 aromatic heterocycles. The smallest absolute Gasteiger partial charge is 0.317 e. The maximum absolute atomic E-state index is 11.9. The Morgan fingerprint density at radius 2 is 2.06 bits per heavy atom. The highest BCUT2D eigenvalue weighted by atomic mass is 16.5. The molecule has 0 aromatic carbocycles. The van der Waals surface area contributed by atoms with Crippen LogP contribution in [0.15, 0.2) is 0 Å². The minimum Gasteiger partial charge on any atom is -0.385 e. The van der Waals surface area contributed by atoms with Gasteiger partial charge in [0.1, 0.15) is 0 Å². The zero-order valence-electron chi connectivity index (χ0n) is 11.9. The number of nitrogens with one attached hydrogen (secondary N) is 1. The van der Waals surface area contributed by atoms with Gasteiger partial charge in [-0.05, 0) is 33.2 Å². The Balaban J connectivity index is 2.29. The number of carbonyl (C=O) groups excluding carboxylic acids is 1. The van der Waals surface area contributed by atoms with Crippen molar-refractivity contribution in [2.75, 3.05) is 46.4 Å². The van der Waals surface area contributed by atoms with Gasteiger partial charge in [0.05, 0.1) is 0 Å². The summed E-state index contributed by atoms with van der Waals surface area (Å²) in [6.45, 7) is 9.59. The number of nitrogens with zero attached hydrogens (tertiary/aromatic N) is 2. The minimum atomic E-state index is 0.0729. The molecule has 5 nitrogen and oxygen atoms in total. The van der Waals surface area contributed by atoms with E-state index < -0.39 is 0 Å². The first kappa shape index (κ1) is 15.2. The van der Waals surface area contributed by atoms with Crippen LogP contribution in [-0.2, 0) is 4.74 Å². The third kappa shape index (κ3) is 5.69. The van der Waals surface area contributed by atoms with Gasteiger partial charge in [0.2, 0.25) is 0 Å². The molecule has 0 saturated carbocycles. The quantitative estimate of drug-likeness (QED) is 0.751. The Morgan fingerprint density at radius 1 is 1.28 bits per heavy atom. The standard InChI is InChI=1S/C13H27N3O2/c1-12(2)14-13(17)16-8-4-6-15(9-10-16)7-5-11-18-3/h12H,4-11H2,1-3H3,(H,14,17). The predicted octanol–water partition coefficient (Wildman–Crippen LogP) is 1.15. The van der Waals surface area contributed by atoms with Gasteiger partial charge in [0.15, 0.2) is 0 Å². The van der Waals surface area contributed by atoms with E-state index in [0.29, 0.717) is 0 Å². The van der Waals surface area contributed by atoms with Gasteiger partial charge in [-0.25, -0.2) is 4.79 Å². The molecule has 1 rings (SSSR count). The summed E-state index contributed by atoms with van der Waals surface area (Å²) < 4.78 is 5.07. The summed E-state index contributed by atoms with van der Waals surface area (Å²) in [6, 6.07) is 0.280. The van der Waals surface area contributed by atoms with Crippen LogP contribution in [0.25, 0.3) is 0 Å². The van der Waals surface area contributed by atoms with Gasteiger partial charge in [-0.1, -0.05) is 0 Å². The molecule has 1 aliphatic rings. The van der Waals surface area contributed by atoms with E-state index >= 15 is 0 Å². The van der Waals surface area contributed by atoms with Gasteiger partial charge < -0.3 is 19.9 Å². The van der Waals surface area contributed by atoms with Gasteiger partial charge >= 0.3 is 6.03 Å². The second kappa shape index (κ2) is 8.32. The fraction of sp³-hybridized carbons (Fsp3) is 0.923. The molecule has 1 heterocycles. The molecule has 2 amide bonds. The Bertz CT molecular complexity index is 246. The maximum Gasteiger partial charge on any atom is 0.317 e. The molecule has 1 saturated heterocycles. The van der Waals surface area contributed by atoms with Crippen molar-refractivity contribution in [3.63, 3.8) is 0 Å². The predicted molar refractivity (Wildman–Crippen MR) is 72.8 cm³/mol. The summed E-state index contributed by atoms with van der Waals surface area (Å²) in [5, 5.41) is 2.96. The van der Waals surface area contributed by atoms with Crippen molar-refractivity contribution < 1.29 is 9.53 Å². The highest BCUT2D eigenvalue weighted by Crippen LogP contribution is 2.04. The Labute approximate surface area is 110 Å². The Kier molecular flexibility index (Phi) is 7.05. The van der Waals surface area contributed by atoms with Crippen LogP contribution in [0.1, 0.15) is 26.7 Å². The number of rotatable bonds is 5. The lowest BCUT2D eigenvalue weighted by Gasteiger charge is -2.23. The van der Waals surface area contributed by atoms with Crippen LogP contribution in [0.2, 0.25) is 0 Å². The zero-order valence-corrected chi connectivity index (χ0v) is 11.9. The molecule has 0 radical (unpaired) electrons. The Hall–Kier alpha value is -0.810. The molecule has 0 bridgehead atoms. The van der Waals surface area contributed by atoms with Crippen molar-refractivity contribution in [3.05, 3.63) is 0 Å². The molecule has 0 spiro atoms. The normalized spacial score (nSPS) is 17.9. The number of methoxy groups -OCH3 is 1. The van der Waals surface area contributed by atoms with Crippen LogP contribution >= 0.6 is 0 Å². The van der Waals surface area contributed by atoms with Crippen molar-refractivity contribution in [1.82, 2.24) is 15.1 Å². The summed E-state index contributed by atoms with van der Waals surface area (Å²) in [5.41, 5.74) is 0. The zero-order chi connectivity index (χ0) is 13.4. The van der Waals surface area contributed by atoms with E-state index in [4.69, 9.17) is 4.74 Å². The van der Waals surface area contributed by atoms with Gasteiger partial charge in [-0.15, -0.1) is 0 Å². The molecule has 0 unspecified atom stereocenters. The second-order valence-electron chi connectivity index (χ2n) is 5.13. The van der Waals surface area contributed by atoms with Crippen molar-refractivity contribution in [2.45, 2.75) is 32.7 Å². The topological polar surface area (TPSA) is 44.8 Å². The monoisotopic (exact) mass is 257 g/mol. The van der Waals surface area contributed by atoms with Gasteiger partial charge in [0.25, 0.3) is 0 Å². The Morgan fingerprint density at radius 3 is 2.72 bits per heavy atom. The number of hydrogen-bond acceptors (Lipinski definition) is 3. The first-order valence-electron chi connectivity index (χ1n) is 6.90. The van der Waals surface area contributed by atoms with Gasteiger partial charge in [0, 0.05) is 45.9 Å². The van der Waals surface area contributed by atoms with Gasteiger partial charge in [-0.2, -0.15) is 0 Å². The lowest BCUT2D eigenvalue weighted by Crippen LogP contribution is -2.44. The number of hydrogen-bond donors (Lipinski definition) is 1. The average molecular weight is 257 g/mol. The second-order valence-corrected chi connectivity index (χ2v) is 5.13. The van der Waals surface area contributed by atoms with E-state index in [1.165, 1.54) is 0 Å². The highest BCUT2D eigenvalue weighted by Gasteiger charge is 2.18. The number of urea groups is 1. The van der Waals surface area contributed by atoms with Crippen LogP contribution in [-0.4, -0.2) is 68.3 Å². The van der Waals surface area contributed by atoms with E-state index in [0.717, 1.165) is 52.2 Å². The third-order valence-corrected chi connectivity index (χ3v) is 3.11. The van der Waals surface area contributed by atoms with Crippen LogP contribution in [0.5, 0.6) is 0 Å². The largest absolute Gasteiger partial charge is 0.385 e. The molecule has 106 valence electrons. The maximum atomic E-state index is 11.9. The van der Waals surface area contributed by atoms with E-state index in [-0.39, 0.29) is 12.1 Å². The third-order valence-electron chi connectivity index (χ3n) is 3.11. The lowest BCUT2D eigenvalue weighted by atomic mass is 10.3. The molecule has 0 atom stereocenters. The lowest BCUT2D eigenvalue weighted by molar-refractivity contribution is 0.171. The van der Waals surface area contributed by atoms with E-state index in [1.54, 1.807) is 7.11 Å². The number of carbonyl (C=O) groups is 1. The van der Waals surface area contributed by atoms with E-state index in [9.17, 15) is 4.79 Å². The molecule has 1 N–H and O–H groups in total. The van der Waals surface area contributed by atoms with E-state index in [1.807, 2.05) is 18.7 Å². The first-order valence-corrected chi connectivity index (χ1v) is 6.90. The van der Waals surface area contributed by atoms with Crippen LogP contribution in [0.4, 0.5) is 4.79 Å². The molecule has 18 heavy (non-hydrogen) atoms. The fourth-order valence-corrected chi connectivity index (χ4v) is 2.17. The number of ether oxygens (including phenoxy) is 1. The minimum absolute atomic E-state index is 0.0729. The van der Waals surface area contributed by atoms with Crippen molar-refractivity contribution >= 4 is 6.03 Å². The molecular weight excluding hydrogens is 230 g/mol. The van der Waals surface area contributed by atoms with Crippen LogP contribution < -0.4 is 5.32 Å². The summed E-state index contributed by atoms with van der Waals surface area (Å²) in [6.07, 6.45) is 2.12. The summed E-state index contributed by atoms with van der Waals surface area (Å²) in [7, 11) is 1.74. The number of amides is 2. The highest BCUT2D eigenvalue weighted by molar-refractivity contribution is 5.74. The molecule has 1 fully saturated rings. The van der Waals surface area contributed by atoms with Crippen LogP contribution in [0.3, 0.4) is 0 Å². The molecular formula is C13H27N3O2. The molecule has 0 aromatic rings. The summed E-state index contributed by atoms with van der Waals surface area (Å²) in [4.78, 5) is 16.2. The SMILES string of the molecule is COCCCN1CCCN(C(=O)NC(C)C)CC1.